The van der Waals surface area contributed by atoms with Crippen LogP contribution < -0.4 is 0 Å². The number of hydrogen-bond acceptors (Lipinski definition) is 4. The van der Waals surface area contributed by atoms with Crippen LogP contribution in [0.2, 0.25) is 0 Å². The summed E-state index contributed by atoms with van der Waals surface area (Å²) in [5, 5.41) is 0. The highest BCUT2D eigenvalue weighted by Crippen LogP contribution is 2.31. The van der Waals surface area contributed by atoms with Crippen molar-refractivity contribution in [1.82, 2.24) is 19.9 Å². The zero-order valence-corrected chi connectivity index (χ0v) is 14.3. The van der Waals surface area contributed by atoms with Crippen LogP contribution in [0.3, 0.4) is 0 Å². The Balaban J connectivity index is 1.58. The molecule has 1 amide bonds. The fraction of sp³-hybridized carbons (Fsp3) is 0.200. The van der Waals surface area contributed by atoms with Crippen LogP contribution in [0.15, 0.2) is 55.0 Å². The molecular formula is C20H17FN4O. The minimum absolute atomic E-state index is 0.153. The highest BCUT2D eigenvalue weighted by atomic mass is 19.1. The molecule has 0 saturated carbocycles. The summed E-state index contributed by atoms with van der Waals surface area (Å²) >= 11 is 0. The van der Waals surface area contributed by atoms with Gasteiger partial charge < -0.3 is 4.90 Å². The summed E-state index contributed by atoms with van der Waals surface area (Å²) in [6.07, 6.45) is 5.42. The second kappa shape index (κ2) is 6.63. The maximum atomic E-state index is 13.6. The monoisotopic (exact) mass is 348 g/mol. The molecule has 1 aliphatic rings. The highest BCUT2D eigenvalue weighted by Gasteiger charge is 2.29. The lowest BCUT2D eigenvalue weighted by Gasteiger charge is -2.35. The van der Waals surface area contributed by atoms with Gasteiger partial charge in [0.1, 0.15) is 11.5 Å². The number of nitrogens with zero attached hydrogens (tertiary/aromatic N) is 4. The lowest BCUT2D eigenvalue weighted by molar-refractivity contribution is 0.0676. The number of amides is 1. The zero-order chi connectivity index (χ0) is 18.1. The maximum absolute atomic E-state index is 13.6. The van der Waals surface area contributed by atoms with Crippen molar-refractivity contribution in [3.63, 3.8) is 0 Å². The lowest BCUT2D eigenvalue weighted by Crippen LogP contribution is -2.39. The summed E-state index contributed by atoms with van der Waals surface area (Å²) in [6.45, 7) is 2.50. The van der Waals surface area contributed by atoms with Crippen LogP contribution in [0.25, 0.3) is 11.5 Å². The van der Waals surface area contributed by atoms with Crippen LogP contribution in [0.1, 0.15) is 34.5 Å². The second-order valence-electron chi connectivity index (χ2n) is 6.28. The van der Waals surface area contributed by atoms with Gasteiger partial charge in [0.25, 0.3) is 5.91 Å². The number of halogens is 1. The number of aromatic nitrogens is 3. The fourth-order valence-electron chi connectivity index (χ4n) is 3.29. The third-order valence-electron chi connectivity index (χ3n) is 4.70. The van der Waals surface area contributed by atoms with Crippen molar-refractivity contribution in [2.75, 3.05) is 6.54 Å². The van der Waals surface area contributed by atoms with Gasteiger partial charge in [0.2, 0.25) is 0 Å². The van der Waals surface area contributed by atoms with Gasteiger partial charge in [-0.25, -0.2) is 14.4 Å². The molecule has 4 rings (SSSR count). The molecule has 6 heteroatoms. The zero-order valence-electron chi connectivity index (χ0n) is 14.3. The molecule has 1 unspecified atom stereocenters. The first-order chi connectivity index (χ1) is 12.6. The molecule has 0 bridgehead atoms. The first-order valence-electron chi connectivity index (χ1n) is 8.46. The predicted octanol–water partition coefficient (Wildman–Crippen LogP) is 3.44. The minimum Gasteiger partial charge on any atom is -0.331 e. The smallest absolute Gasteiger partial charge is 0.257 e. The molecule has 0 radical (unpaired) electrons. The normalized spacial score (nSPS) is 16.2. The van der Waals surface area contributed by atoms with Crippen LogP contribution in [0.4, 0.5) is 4.39 Å². The van der Waals surface area contributed by atoms with Crippen LogP contribution in [-0.4, -0.2) is 32.3 Å². The Morgan fingerprint density at radius 2 is 1.96 bits per heavy atom. The van der Waals surface area contributed by atoms with E-state index >= 15 is 0 Å². The highest BCUT2D eigenvalue weighted by molar-refractivity contribution is 5.94. The number of carbonyl (C=O) groups is 1. The molecule has 1 atom stereocenters. The van der Waals surface area contributed by atoms with Crippen LogP contribution in [0, 0.1) is 5.82 Å². The van der Waals surface area contributed by atoms with Gasteiger partial charge in [-0.15, -0.1) is 0 Å². The van der Waals surface area contributed by atoms with Gasteiger partial charge in [-0.1, -0.05) is 12.1 Å². The molecule has 3 aromatic rings. The average molecular weight is 348 g/mol. The molecule has 130 valence electrons. The van der Waals surface area contributed by atoms with E-state index in [1.165, 1.54) is 24.5 Å². The van der Waals surface area contributed by atoms with Gasteiger partial charge in [-0.2, -0.15) is 0 Å². The van der Waals surface area contributed by atoms with Gasteiger partial charge in [0, 0.05) is 25.1 Å². The molecule has 5 nitrogen and oxygen atoms in total. The van der Waals surface area contributed by atoms with Crippen molar-refractivity contribution >= 4 is 5.91 Å². The molecule has 0 spiro atoms. The van der Waals surface area contributed by atoms with Crippen molar-refractivity contribution in [1.29, 1.82) is 0 Å². The lowest BCUT2D eigenvalue weighted by atomic mass is 9.93. The molecule has 0 fully saturated rings. The first kappa shape index (κ1) is 16.3. The Morgan fingerprint density at radius 1 is 1.15 bits per heavy atom. The summed E-state index contributed by atoms with van der Waals surface area (Å²) < 4.78 is 13.6. The third kappa shape index (κ3) is 2.94. The quantitative estimate of drug-likeness (QED) is 0.712. The Labute approximate surface area is 150 Å². The van der Waals surface area contributed by atoms with Crippen molar-refractivity contribution in [3.05, 3.63) is 77.5 Å². The predicted molar refractivity (Wildman–Crippen MR) is 94.8 cm³/mol. The molecule has 2 aromatic heterocycles. The summed E-state index contributed by atoms with van der Waals surface area (Å²) in [5.74, 6) is 0.0363. The first-order valence-corrected chi connectivity index (χ1v) is 8.46. The van der Waals surface area contributed by atoms with E-state index in [1.807, 2.05) is 25.1 Å². The van der Waals surface area contributed by atoms with Gasteiger partial charge in [0.15, 0.2) is 5.82 Å². The van der Waals surface area contributed by atoms with Crippen molar-refractivity contribution in [2.24, 2.45) is 0 Å². The number of rotatable bonds is 2. The summed E-state index contributed by atoms with van der Waals surface area (Å²) in [6, 6.07) is 10.1. The van der Waals surface area contributed by atoms with Crippen LogP contribution in [0.5, 0.6) is 0 Å². The largest absolute Gasteiger partial charge is 0.331 e. The van der Waals surface area contributed by atoms with E-state index in [1.54, 1.807) is 17.2 Å². The standard InChI is InChI=1S/C20H17FN4O/c1-13-17-10-16(21)6-5-14(17)7-9-25(13)20(26)15-11-23-19(24-12-15)18-4-2-3-8-22-18/h2-6,8,10-13H,7,9H2,1H3. The van der Waals surface area contributed by atoms with Crippen molar-refractivity contribution < 1.29 is 9.18 Å². The maximum Gasteiger partial charge on any atom is 0.257 e. The molecule has 3 heterocycles. The summed E-state index contributed by atoms with van der Waals surface area (Å²) in [7, 11) is 0. The SMILES string of the molecule is CC1c2cc(F)ccc2CCN1C(=O)c1cnc(-c2ccccn2)nc1. The summed E-state index contributed by atoms with van der Waals surface area (Å²) in [5.41, 5.74) is 3.01. The number of benzene rings is 1. The van der Waals surface area contributed by atoms with Crippen molar-refractivity contribution in [2.45, 2.75) is 19.4 Å². The number of hydrogen-bond donors (Lipinski definition) is 0. The molecule has 0 aliphatic carbocycles. The fourth-order valence-corrected chi connectivity index (χ4v) is 3.29. The van der Waals surface area contributed by atoms with E-state index in [0.717, 1.165) is 11.1 Å². The Hall–Kier alpha value is -3.15. The molecule has 1 aromatic carbocycles. The number of pyridine rings is 1. The molecule has 1 aliphatic heterocycles. The Morgan fingerprint density at radius 3 is 2.69 bits per heavy atom. The molecule has 0 saturated heterocycles. The molecule has 26 heavy (non-hydrogen) atoms. The van der Waals surface area contributed by atoms with Crippen molar-refractivity contribution in [3.8, 4) is 11.5 Å². The van der Waals surface area contributed by atoms with E-state index in [0.29, 0.717) is 30.0 Å². The van der Waals surface area contributed by atoms with Gasteiger partial charge in [0.05, 0.1) is 11.6 Å². The second-order valence-corrected chi connectivity index (χ2v) is 6.28. The Kier molecular flexibility index (Phi) is 4.16. The van der Waals surface area contributed by atoms with Gasteiger partial charge in [-0.05, 0) is 48.7 Å². The van der Waals surface area contributed by atoms with Gasteiger partial charge in [-0.3, -0.25) is 9.78 Å². The number of fused-ring (bicyclic) bond motifs is 1. The van der Waals surface area contributed by atoms with Crippen LogP contribution >= 0.6 is 0 Å². The number of carbonyl (C=O) groups excluding carboxylic acids is 1. The third-order valence-corrected chi connectivity index (χ3v) is 4.70. The van der Waals surface area contributed by atoms with E-state index in [2.05, 4.69) is 15.0 Å². The van der Waals surface area contributed by atoms with Gasteiger partial charge >= 0.3 is 0 Å². The topological polar surface area (TPSA) is 59.0 Å². The average Bonchev–Trinajstić information content (AvgIpc) is 2.69. The minimum atomic E-state index is -0.284. The van der Waals surface area contributed by atoms with Crippen LogP contribution in [-0.2, 0) is 6.42 Å². The van der Waals surface area contributed by atoms with E-state index in [4.69, 9.17) is 0 Å². The molecule has 0 N–H and O–H groups in total. The van der Waals surface area contributed by atoms with E-state index in [-0.39, 0.29) is 17.8 Å². The molecular weight excluding hydrogens is 331 g/mol. The van der Waals surface area contributed by atoms with E-state index in [9.17, 15) is 9.18 Å². The van der Waals surface area contributed by atoms with E-state index < -0.39 is 0 Å². The Bertz CT molecular complexity index is 944. The summed E-state index contributed by atoms with van der Waals surface area (Å²) in [4.78, 5) is 27.4.